The maximum absolute atomic E-state index is 10.5. The van der Waals surface area contributed by atoms with E-state index >= 15 is 0 Å². The van der Waals surface area contributed by atoms with Gasteiger partial charge in [0.1, 0.15) is 0 Å². The van der Waals surface area contributed by atoms with E-state index < -0.39 is 7.60 Å². The largest absolute Gasteiger partial charge is 0.326 e. The lowest BCUT2D eigenvalue weighted by atomic mass is 10.1. The summed E-state index contributed by atoms with van der Waals surface area (Å²) >= 11 is 0. The van der Waals surface area contributed by atoms with Gasteiger partial charge in [-0.25, -0.2) is 0 Å². The minimum Gasteiger partial charge on any atom is -0.324 e. The van der Waals surface area contributed by atoms with Crippen LogP contribution in [0.5, 0.6) is 0 Å². The van der Waals surface area contributed by atoms with Gasteiger partial charge in [0.2, 0.25) is 0 Å². The average molecular weight is 260 g/mol. The third-order valence-electron chi connectivity index (χ3n) is 2.14. The van der Waals surface area contributed by atoms with Gasteiger partial charge < -0.3 is 15.1 Å². The van der Waals surface area contributed by atoms with Gasteiger partial charge in [0.05, 0.1) is 6.16 Å². The summed E-state index contributed by atoms with van der Waals surface area (Å²) in [5.74, 6) is 0. The van der Waals surface area contributed by atoms with Crippen LogP contribution in [0.15, 0.2) is 0 Å². The lowest BCUT2D eigenvalue weighted by Gasteiger charge is -2.13. The predicted molar refractivity (Wildman–Crippen MR) is 65.8 cm³/mol. The SMILES string of the molecule is CCCCC[C@@H](C)NCCP(=O)(O)O.Cl. The molecule has 0 spiro atoms. The number of nitrogens with one attached hydrogen (secondary N) is 1. The van der Waals surface area contributed by atoms with Crippen molar-refractivity contribution in [3.63, 3.8) is 0 Å². The fraction of sp³-hybridized carbons (Fsp3) is 1.00. The zero-order valence-electron chi connectivity index (χ0n) is 9.48. The van der Waals surface area contributed by atoms with Crippen LogP contribution in [0.2, 0.25) is 0 Å². The summed E-state index contributed by atoms with van der Waals surface area (Å²) < 4.78 is 10.5. The summed E-state index contributed by atoms with van der Waals surface area (Å²) in [5.41, 5.74) is 0. The van der Waals surface area contributed by atoms with Crippen molar-refractivity contribution in [2.75, 3.05) is 12.7 Å². The molecule has 0 aromatic heterocycles. The fourth-order valence-electron chi connectivity index (χ4n) is 1.26. The molecular formula is C9H23ClNO3P. The molecule has 0 aliphatic carbocycles. The summed E-state index contributed by atoms with van der Waals surface area (Å²) in [6.45, 7) is 4.61. The quantitative estimate of drug-likeness (QED) is 0.461. The van der Waals surface area contributed by atoms with Gasteiger partial charge in [-0.2, -0.15) is 0 Å². The van der Waals surface area contributed by atoms with Crippen LogP contribution in [0.1, 0.15) is 39.5 Å². The molecule has 0 rings (SSSR count). The number of hydrogen-bond donors (Lipinski definition) is 3. The minimum absolute atomic E-state index is 0. The first-order valence-electron chi connectivity index (χ1n) is 5.23. The molecule has 0 saturated heterocycles. The topological polar surface area (TPSA) is 69.6 Å². The predicted octanol–water partition coefficient (Wildman–Crippen LogP) is 2.14. The van der Waals surface area contributed by atoms with Gasteiger partial charge in [-0.15, -0.1) is 12.4 Å². The van der Waals surface area contributed by atoms with Gasteiger partial charge in [0.25, 0.3) is 0 Å². The van der Waals surface area contributed by atoms with Crippen molar-refractivity contribution in [3.05, 3.63) is 0 Å². The summed E-state index contributed by atoms with van der Waals surface area (Å²) in [6.07, 6.45) is 4.63. The molecule has 0 unspecified atom stereocenters. The summed E-state index contributed by atoms with van der Waals surface area (Å²) in [7, 11) is -3.82. The molecule has 0 saturated carbocycles. The number of halogens is 1. The standard InChI is InChI=1S/C9H22NO3P.ClH/c1-3-4-5-6-9(2)10-7-8-14(11,12)13;/h9-10H,3-8H2,1-2H3,(H2,11,12,13);1H/t9-;/m1./s1. The van der Waals surface area contributed by atoms with E-state index in [0.29, 0.717) is 12.6 Å². The molecule has 6 heteroatoms. The molecule has 0 bridgehead atoms. The normalized spacial score (nSPS) is 13.3. The van der Waals surface area contributed by atoms with Crippen molar-refractivity contribution in [2.24, 2.45) is 0 Å². The zero-order chi connectivity index (χ0) is 11.0. The van der Waals surface area contributed by atoms with Crippen LogP contribution in [-0.2, 0) is 4.57 Å². The third kappa shape index (κ3) is 14.4. The molecule has 94 valence electrons. The maximum Gasteiger partial charge on any atom is 0.326 e. The Bertz CT molecular complexity index is 186. The highest BCUT2D eigenvalue weighted by molar-refractivity contribution is 7.51. The highest BCUT2D eigenvalue weighted by Gasteiger charge is 2.12. The van der Waals surface area contributed by atoms with Gasteiger partial charge in [0, 0.05) is 12.6 Å². The van der Waals surface area contributed by atoms with E-state index in [1.54, 1.807) is 0 Å². The van der Waals surface area contributed by atoms with E-state index in [2.05, 4.69) is 19.2 Å². The second-order valence-corrected chi connectivity index (χ2v) is 5.52. The molecule has 0 heterocycles. The Labute approximate surface area is 98.4 Å². The van der Waals surface area contributed by atoms with Crippen LogP contribution < -0.4 is 5.32 Å². The molecule has 0 aromatic carbocycles. The molecule has 4 nitrogen and oxygen atoms in total. The molecule has 0 aliphatic rings. The van der Waals surface area contributed by atoms with E-state index in [0.717, 1.165) is 6.42 Å². The van der Waals surface area contributed by atoms with Gasteiger partial charge in [0.15, 0.2) is 0 Å². The zero-order valence-corrected chi connectivity index (χ0v) is 11.2. The van der Waals surface area contributed by atoms with E-state index in [1.807, 2.05) is 0 Å². The van der Waals surface area contributed by atoms with E-state index in [9.17, 15) is 4.57 Å². The van der Waals surface area contributed by atoms with Crippen molar-refractivity contribution >= 4 is 20.0 Å². The van der Waals surface area contributed by atoms with Crippen LogP contribution >= 0.6 is 20.0 Å². The maximum atomic E-state index is 10.5. The first-order valence-corrected chi connectivity index (χ1v) is 7.03. The highest BCUT2D eigenvalue weighted by Crippen LogP contribution is 2.32. The summed E-state index contributed by atoms with van der Waals surface area (Å²) in [4.78, 5) is 17.2. The number of hydrogen-bond acceptors (Lipinski definition) is 2. The fourth-order valence-corrected chi connectivity index (χ4v) is 1.68. The molecule has 15 heavy (non-hydrogen) atoms. The van der Waals surface area contributed by atoms with Crippen molar-refractivity contribution in [3.8, 4) is 0 Å². The third-order valence-corrected chi connectivity index (χ3v) is 2.94. The Morgan fingerprint density at radius 3 is 2.40 bits per heavy atom. The Hall–Kier alpha value is 0.400. The van der Waals surface area contributed by atoms with Crippen LogP contribution in [0, 0.1) is 0 Å². The lowest BCUT2D eigenvalue weighted by molar-refractivity contribution is 0.370. The Morgan fingerprint density at radius 2 is 1.93 bits per heavy atom. The number of rotatable bonds is 8. The summed E-state index contributed by atoms with van der Waals surface area (Å²) in [6, 6.07) is 0.355. The molecule has 0 radical (unpaired) electrons. The molecular weight excluding hydrogens is 237 g/mol. The monoisotopic (exact) mass is 259 g/mol. The first-order chi connectivity index (χ1) is 6.45. The molecule has 0 amide bonds. The summed E-state index contributed by atoms with van der Waals surface area (Å²) in [5, 5.41) is 3.11. The molecule has 0 fully saturated rings. The number of unbranched alkanes of at least 4 members (excludes halogenated alkanes) is 2. The van der Waals surface area contributed by atoms with Gasteiger partial charge in [-0.3, -0.25) is 4.57 Å². The highest BCUT2D eigenvalue weighted by atomic mass is 35.5. The van der Waals surface area contributed by atoms with Crippen molar-refractivity contribution in [1.29, 1.82) is 0 Å². The molecule has 0 aromatic rings. The van der Waals surface area contributed by atoms with Crippen LogP contribution in [0.4, 0.5) is 0 Å². The van der Waals surface area contributed by atoms with Crippen molar-refractivity contribution in [1.82, 2.24) is 5.32 Å². The van der Waals surface area contributed by atoms with Crippen molar-refractivity contribution < 1.29 is 14.4 Å². The van der Waals surface area contributed by atoms with Crippen LogP contribution in [0.25, 0.3) is 0 Å². The molecule has 3 N–H and O–H groups in total. The minimum atomic E-state index is -3.82. The lowest BCUT2D eigenvalue weighted by Crippen LogP contribution is -2.28. The first kappa shape index (κ1) is 17.8. The van der Waals surface area contributed by atoms with E-state index in [4.69, 9.17) is 9.79 Å². The van der Waals surface area contributed by atoms with Crippen molar-refractivity contribution in [2.45, 2.75) is 45.6 Å². The Morgan fingerprint density at radius 1 is 1.33 bits per heavy atom. The second-order valence-electron chi connectivity index (χ2n) is 3.74. The molecule has 1 atom stereocenters. The van der Waals surface area contributed by atoms with Crippen LogP contribution in [-0.4, -0.2) is 28.5 Å². The van der Waals surface area contributed by atoms with Gasteiger partial charge >= 0.3 is 7.60 Å². The smallest absolute Gasteiger partial charge is 0.324 e. The second kappa shape index (κ2) is 9.61. The van der Waals surface area contributed by atoms with Gasteiger partial charge in [-0.05, 0) is 13.3 Å². The van der Waals surface area contributed by atoms with Gasteiger partial charge in [-0.1, -0.05) is 26.2 Å². The van der Waals surface area contributed by atoms with E-state index in [-0.39, 0.29) is 18.6 Å². The average Bonchev–Trinajstić information content (AvgIpc) is 2.02. The van der Waals surface area contributed by atoms with E-state index in [1.165, 1.54) is 19.3 Å². The Balaban J connectivity index is 0. The Kier molecular flexibility index (Phi) is 11.4. The molecule has 0 aliphatic heterocycles. The van der Waals surface area contributed by atoms with Crippen LogP contribution in [0.3, 0.4) is 0 Å².